The van der Waals surface area contributed by atoms with Gasteiger partial charge in [-0.2, -0.15) is 0 Å². The average molecular weight is 145 g/mol. The van der Waals surface area contributed by atoms with Crippen molar-refractivity contribution in [2.45, 2.75) is 13.8 Å². The van der Waals surface area contributed by atoms with Crippen molar-refractivity contribution in [3.63, 3.8) is 0 Å². The van der Waals surface area contributed by atoms with Gasteiger partial charge in [0.15, 0.2) is 5.71 Å². The summed E-state index contributed by atoms with van der Waals surface area (Å²) in [6, 6.07) is 0. The molecule has 0 heterocycles. The SMILES string of the molecule is CON=C(C(=O)O)C(C)C. The highest BCUT2D eigenvalue weighted by atomic mass is 16.6. The maximum Gasteiger partial charge on any atom is 0.353 e. The Balaban J connectivity index is 4.27. The zero-order valence-corrected chi connectivity index (χ0v) is 6.29. The maximum atomic E-state index is 10.3. The second kappa shape index (κ2) is 3.87. The van der Waals surface area contributed by atoms with Gasteiger partial charge in [0.05, 0.1) is 0 Å². The minimum Gasteiger partial charge on any atom is -0.477 e. The van der Waals surface area contributed by atoms with E-state index in [-0.39, 0.29) is 11.6 Å². The first-order valence-corrected chi connectivity index (χ1v) is 2.94. The summed E-state index contributed by atoms with van der Waals surface area (Å²) < 4.78 is 0. The molecule has 10 heavy (non-hydrogen) atoms. The summed E-state index contributed by atoms with van der Waals surface area (Å²) in [5.41, 5.74) is 0.0440. The monoisotopic (exact) mass is 145 g/mol. The van der Waals surface area contributed by atoms with Crippen molar-refractivity contribution in [1.82, 2.24) is 0 Å². The fourth-order valence-electron chi connectivity index (χ4n) is 0.490. The summed E-state index contributed by atoms with van der Waals surface area (Å²) in [4.78, 5) is 14.7. The lowest BCUT2D eigenvalue weighted by Gasteiger charge is -2.01. The molecule has 0 aromatic rings. The van der Waals surface area contributed by atoms with Crippen molar-refractivity contribution in [1.29, 1.82) is 0 Å². The quantitative estimate of drug-likeness (QED) is 0.470. The number of carboxylic acids is 1. The van der Waals surface area contributed by atoms with Gasteiger partial charge >= 0.3 is 5.97 Å². The van der Waals surface area contributed by atoms with Gasteiger partial charge < -0.3 is 9.94 Å². The molecule has 4 nitrogen and oxygen atoms in total. The highest BCUT2D eigenvalue weighted by Gasteiger charge is 2.13. The van der Waals surface area contributed by atoms with Gasteiger partial charge in [0.25, 0.3) is 0 Å². The lowest BCUT2D eigenvalue weighted by atomic mass is 10.1. The molecule has 0 aliphatic carbocycles. The van der Waals surface area contributed by atoms with Crippen LogP contribution < -0.4 is 0 Å². The number of rotatable bonds is 3. The van der Waals surface area contributed by atoms with Crippen LogP contribution in [0.1, 0.15) is 13.8 Å². The van der Waals surface area contributed by atoms with Crippen LogP contribution in [0.5, 0.6) is 0 Å². The number of hydrogen-bond donors (Lipinski definition) is 1. The molecule has 0 aliphatic heterocycles. The molecule has 0 rings (SSSR count). The molecule has 0 radical (unpaired) electrons. The number of hydrogen-bond acceptors (Lipinski definition) is 3. The van der Waals surface area contributed by atoms with Gasteiger partial charge in [0.2, 0.25) is 0 Å². The van der Waals surface area contributed by atoms with Crippen LogP contribution in [0.3, 0.4) is 0 Å². The van der Waals surface area contributed by atoms with Crippen molar-refractivity contribution >= 4 is 11.7 Å². The van der Waals surface area contributed by atoms with Gasteiger partial charge in [-0.3, -0.25) is 0 Å². The molecule has 0 saturated heterocycles. The van der Waals surface area contributed by atoms with Gasteiger partial charge in [0.1, 0.15) is 7.11 Å². The summed E-state index contributed by atoms with van der Waals surface area (Å²) in [5, 5.41) is 11.8. The minimum atomic E-state index is -1.03. The van der Waals surface area contributed by atoms with E-state index in [0.29, 0.717) is 0 Å². The smallest absolute Gasteiger partial charge is 0.353 e. The van der Waals surface area contributed by atoms with E-state index < -0.39 is 5.97 Å². The molecule has 58 valence electrons. The molecule has 4 heteroatoms. The molecular weight excluding hydrogens is 134 g/mol. The number of oxime groups is 1. The summed E-state index contributed by atoms with van der Waals surface area (Å²) in [6.45, 7) is 3.48. The second-order valence-corrected chi connectivity index (χ2v) is 2.12. The fraction of sp³-hybridized carbons (Fsp3) is 0.667. The molecule has 0 aliphatic rings. The van der Waals surface area contributed by atoms with Gasteiger partial charge in [-0.15, -0.1) is 0 Å². The first-order valence-electron chi connectivity index (χ1n) is 2.94. The molecule has 0 amide bonds. The molecule has 0 spiro atoms. The zero-order valence-electron chi connectivity index (χ0n) is 6.29. The lowest BCUT2D eigenvalue weighted by Crippen LogP contribution is -2.19. The van der Waals surface area contributed by atoms with Crippen LogP contribution in [0, 0.1) is 5.92 Å². The van der Waals surface area contributed by atoms with Crippen LogP contribution in [-0.4, -0.2) is 23.9 Å². The average Bonchev–Trinajstić information content (AvgIpc) is 1.81. The molecule has 0 atom stereocenters. The number of nitrogens with zero attached hydrogens (tertiary/aromatic N) is 1. The molecule has 0 fully saturated rings. The molecule has 0 unspecified atom stereocenters. The Morgan fingerprint density at radius 1 is 1.60 bits per heavy atom. The van der Waals surface area contributed by atoms with Crippen LogP contribution in [0.15, 0.2) is 5.16 Å². The lowest BCUT2D eigenvalue weighted by molar-refractivity contribution is -0.129. The number of carbonyl (C=O) groups is 1. The predicted molar refractivity (Wildman–Crippen MR) is 36.9 cm³/mol. The minimum absolute atomic E-state index is 0.0440. The van der Waals surface area contributed by atoms with Crippen molar-refractivity contribution in [3.05, 3.63) is 0 Å². The third-order valence-corrected chi connectivity index (χ3v) is 0.956. The third kappa shape index (κ3) is 2.48. The fourth-order valence-corrected chi connectivity index (χ4v) is 0.490. The van der Waals surface area contributed by atoms with Gasteiger partial charge in [0, 0.05) is 5.92 Å². The highest BCUT2D eigenvalue weighted by Crippen LogP contribution is 1.97. The van der Waals surface area contributed by atoms with Crippen LogP contribution in [-0.2, 0) is 9.63 Å². The molecule has 0 saturated carbocycles. The van der Waals surface area contributed by atoms with Gasteiger partial charge in [-0.05, 0) is 0 Å². The topological polar surface area (TPSA) is 58.9 Å². The zero-order chi connectivity index (χ0) is 8.15. The van der Waals surface area contributed by atoms with Crippen molar-refractivity contribution < 1.29 is 14.7 Å². The largest absolute Gasteiger partial charge is 0.477 e. The Labute approximate surface area is 59.5 Å². The number of aliphatic carboxylic acids is 1. The number of carboxylic acid groups (broad SMARTS) is 1. The van der Waals surface area contributed by atoms with Crippen molar-refractivity contribution in [2.24, 2.45) is 11.1 Å². The van der Waals surface area contributed by atoms with Crippen LogP contribution in [0.4, 0.5) is 0 Å². The summed E-state index contributed by atoms with van der Waals surface area (Å²) in [7, 11) is 1.32. The van der Waals surface area contributed by atoms with E-state index in [1.54, 1.807) is 13.8 Å². The van der Waals surface area contributed by atoms with Gasteiger partial charge in [-0.25, -0.2) is 4.79 Å². The predicted octanol–water partition coefficient (Wildman–Crippen LogP) is 0.729. The van der Waals surface area contributed by atoms with E-state index in [0.717, 1.165) is 0 Å². The standard InChI is InChI=1S/C6H11NO3/c1-4(2)5(6(8)9)7-10-3/h4H,1-3H3,(H,8,9). The first-order chi connectivity index (χ1) is 4.59. The Hall–Kier alpha value is -1.06. The molecule has 1 N–H and O–H groups in total. The normalized spacial score (nSPS) is 11.8. The highest BCUT2D eigenvalue weighted by molar-refractivity contribution is 6.36. The van der Waals surface area contributed by atoms with Crippen LogP contribution in [0.2, 0.25) is 0 Å². The maximum absolute atomic E-state index is 10.3. The molecular formula is C6H11NO3. The van der Waals surface area contributed by atoms with Crippen molar-refractivity contribution in [3.8, 4) is 0 Å². The van der Waals surface area contributed by atoms with E-state index in [2.05, 4.69) is 9.99 Å². The third-order valence-electron chi connectivity index (χ3n) is 0.956. The first kappa shape index (κ1) is 8.94. The van der Waals surface area contributed by atoms with E-state index in [4.69, 9.17) is 5.11 Å². The van der Waals surface area contributed by atoms with E-state index >= 15 is 0 Å². The van der Waals surface area contributed by atoms with Crippen molar-refractivity contribution in [2.75, 3.05) is 7.11 Å². The molecule has 0 bridgehead atoms. The van der Waals surface area contributed by atoms with E-state index in [1.807, 2.05) is 0 Å². The van der Waals surface area contributed by atoms with E-state index in [1.165, 1.54) is 7.11 Å². The Morgan fingerprint density at radius 3 is 2.20 bits per heavy atom. The summed E-state index contributed by atoms with van der Waals surface area (Å²) >= 11 is 0. The van der Waals surface area contributed by atoms with Crippen LogP contribution in [0.25, 0.3) is 0 Å². The van der Waals surface area contributed by atoms with Gasteiger partial charge in [-0.1, -0.05) is 19.0 Å². The Morgan fingerprint density at radius 2 is 2.10 bits per heavy atom. The van der Waals surface area contributed by atoms with Crippen LogP contribution >= 0.6 is 0 Å². The summed E-state index contributed by atoms with van der Waals surface area (Å²) in [5.74, 6) is -1.14. The molecule has 0 aromatic carbocycles. The Kier molecular flexibility index (Phi) is 3.46. The second-order valence-electron chi connectivity index (χ2n) is 2.12. The Bertz CT molecular complexity index is 151. The van der Waals surface area contributed by atoms with E-state index in [9.17, 15) is 4.79 Å². The molecule has 0 aromatic heterocycles. The summed E-state index contributed by atoms with van der Waals surface area (Å²) in [6.07, 6.45) is 0.